The molecule has 0 aliphatic rings. The van der Waals surface area contributed by atoms with Crippen molar-refractivity contribution in [3.05, 3.63) is 57.6 Å². The second-order valence-corrected chi connectivity index (χ2v) is 8.21. The number of anilines is 1. The summed E-state index contributed by atoms with van der Waals surface area (Å²) in [5, 5.41) is 5.92. The summed E-state index contributed by atoms with van der Waals surface area (Å²) < 4.78 is 105. The third-order valence-electron chi connectivity index (χ3n) is 5.46. The van der Waals surface area contributed by atoms with E-state index in [9.17, 15) is 35.9 Å². The summed E-state index contributed by atoms with van der Waals surface area (Å²) in [5.41, 5.74) is -2.23. The third kappa shape index (κ3) is 6.49. The zero-order chi connectivity index (χ0) is 29.3. The number of pyridine rings is 1. The van der Waals surface area contributed by atoms with E-state index in [2.05, 4.69) is 15.4 Å². The lowest BCUT2D eigenvalue weighted by atomic mass is 10.1. The lowest BCUT2D eigenvalue weighted by molar-refractivity contribution is -0.189. The first kappa shape index (κ1) is 29.4. The second-order valence-electron chi connectivity index (χ2n) is 8.21. The molecule has 39 heavy (non-hydrogen) atoms. The van der Waals surface area contributed by atoms with E-state index in [0.717, 1.165) is 0 Å². The number of carbonyl (C=O) groups is 1. The molecule has 0 unspecified atom stereocenters. The van der Waals surface area contributed by atoms with Gasteiger partial charge in [-0.05, 0) is 38.5 Å². The molecular weight excluding hydrogens is 543 g/mol. The monoisotopic (exact) mass is 565 g/mol. The van der Waals surface area contributed by atoms with Crippen LogP contribution in [0.1, 0.15) is 35.6 Å². The highest BCUT2D eigenvalue weighted by molar-refractivity contribution is 6.07. The van der Waals surface area contributed by atoms with Crippen LogP contribution in [0.4, 0.5) is 36.4 Å². The number of carbonyl (C=O) groups excluding carboxylic acids is 1. The van der Waals surface area contributed by atoms with Gasteiger partial charge in [-0.1, -0.05) is 0 Å². The maximum absolute atomic E-state index is 15.2. The maximum Gasteiger partial charge on any atom is 0.425 e. The molecule has 0 spiro atoms. The SMILES string of the molecule is CCn1c(CC(F)(F)F)nn(-c2cc(O[C@@H](C)C(F)(F)F)c(C(=O)Nc3c(C)ccnc3OC)cc2F)c1=O. The lowest BCUT2D eigenvalue weighted by Gasteiger charge is -2.21. The van der Waals surface area contributed by atoms with Crippen LogP contribution in [0.3, 0.4) is 0 Å². The number of hydrogen-bond donors (Lipinski definition) is 1. The van der Waals surface area contributed by atoms with Crippen LogP contribution in [-0.2, 0) is 13.0 Å². The van der Waals surface area contributed by atoms with Gasteiger partial charge in [-0.2, -0.15) is 31.0 Å². The number of methoxy groups -OCH3 is 1. The van der Waals surface area contributed by atoms with Crippen LogP contribution in [0, 0.1) is 12.7 Å². The number of nitrogens with zero attached hydrogens (tertiary/aromatic N) is 4. The summed E-state index contributed by atoms with van der Waals surface area (Å²) in [7, 11) is 1.26. The molecule has 16 heteroatoms. The number of rotatable bonds is 8. The van der Waals surface area contributed by atoms with Crippen LogP contribution in [0.2, 0.25) is 0 Å². The Hall–Kier alpha value is -4.11. The van der Waals surface area contributed by atoms with Crippen molar-refractivity contribution in [2.45, 2.75) is 52.2 Å². The summed E-state index contributed by atoms with van der Waals surface area (Å²) >= 11 is 0. The minimum atomic E-state index is -4.91. The zero-order valence-electron chi connectivity index (χ0n) is 20.9. The topological polar surface area (TPSA) is 100 Å². The van der Waals surface area contributed by atoms with Gasteiger partial charge < -0.3 is 14.8 Å². The zero-order valence-corrected chi connectivity index (χ0v) is 20.9. The van der Waals surface area contributed by atoms with Gasteiger partial charge in [-0.15, -0.1) is 5.10 Å². The predicted molar refractivity (Wildman–Crippen MR) is 123 cm³/mol. The number of halogens is 7. The van der Waals surface area contributed by atoms with Crippen molar-refractivity contribution in [3.63, 3.8) is 0 Å². The number of alkyl halides is 6. The first-order valence-corrected chi connectivity index (χ1v) is 11.2. The van der Waals surface area contributed by atoms with Gasteiger partial charge in [-0.3, -0.25) is 9.36 Å². The van der Waals surface area contributed by atoms with Gasteiger partial charge in [0.25, 0.3) is 5.91 Å². The highest BCUT2D eigenvalue weighted by atomic mass is 19.4. The number of aryl methyl sites for hydroxylation is 1. The first-order valence-electron chi connectivity index (χ1n) is 11.2. The van der Waals surface area contributed by atoms with Crippen LogP contribution >= 0.6 is 0 Å². The predicted octanol–water partition coefficient (Wildman–Crippen LogP) is 4.59. The molecule has 2 aromatic heterocycles. The van der Waals surface area contributed by atoms with Gasteiger partial charge in [0.2, 0.25) is 5.88 Å². The van der Waals surface area contributed by atoms with Crippen molar-refractivity contribution in [1.82, 2.24) is 19.3 Å². The quantitative estimate of drug-likeness (QED) is 0.401. The number of amides is 1. The van der Waals surface area contributed by atoms with Crippen molar-refractivity contribution >= 4 is 11.6 Å². The summed E-state index contributed by atoms with van der Waals surface area (Å²) in [6.45, 7) is 3.29. The molecule has 0 aliphatic heterocycles. The number of nitrogens with one attached hydrogen (secondary N) is 1. The molecular formula is C23H22F7N5O4. The molecule has 3 rings (SSSR count). The van der Waals surface area contributed by atoms with Crippen LogP contribution in [0.25, 0.3) is 5.69 Å². The van der Waals surface area contributed by atoms with Gasteiger partial charge >= 0.3 is 18.0 Å². The van der Waals surface area contributed by atoms with Gasteiger partial charge in [0.15, 0.2) is 6.10 Å². The van der Waals surface area contributed by atoms with Crippen LogP contribution in [0.5, 0.6) is 11.6 Å². The Labute approximate surface area is 216 Å². The summed E-state index contributed by atoms with van der Waals surface area (Å²) in [6.07, 6.45) is -12.4. The molecule has 0 fully saturated rings. The van der Waals surface area contributed by atoms with E-state index in [-0.39, 0.29) is 22.8 Å². The molecule has 0 radical (unpaired) electrons. The molecule has 0 saturated carbocycles. The standard InChI is InChI=1S/C23H22F7N5O4/c1-5-34-17(10-22(25,26)27)33-35(21(34)37)15-9-16(39-12(3)23(28,29)30)13(8-14(15)24)19(36)32-18-11(2)6-7-31-20(18)38-4/h6-9,12H,5,10H2,1-4H3,(H,32,36)/t12-/m0/s1. The smallest absolute Gasteiger partial charge is 0.425 e. The average molecular weight is 565 g/mol. The van der Waals surface area contributed by atoms with Gasteiger partial charge in [0, 0.05) is 18.8 Å². The molecule has 0 aliphatic carbocycles. The first-order chi connectivity index (χ1) is 18.1. The molecule has 0 bridgehead atoms. The molecule has 1 N–H and O–H groups in total. The van der Waals surface area contributed by atoms with Crippen molar-refractivity contribution < 1.29 is 45.0 Å². The van der Waals surface area contributed by atoms with Crippen LogP contribution in [0.15, 0.2) is 29.2 Å². The summed E-state index contributed by atoms with van der Waals surface area (Å²) in [6, 6.07) is 2.58. The van der Waals surface area contributed by atoms with Crippen molar-refractivity contribution in [2.75, 3.05) is 12.4 Å². The van der Waals surface area contributed by atoms with E-state index in [0.29, 0.717) is 29.2 Å². The van der Waals surface area contributed by atoms with Gasteiger partial charge in [0.05, 0.1) is 12.7 Å². The van der Waals surface area contributed by atoms with E-state index < -0.39 is 65.1 Å². The van der Waals surface area contributed by atoms with Crippen molar-refractivity contribution in [3.8, 4) is 17.3 Å². The molecule has 9 nitrogen and oxygen atoms in total. The molecule has 1 aromatic carbocycles. The van der Waals surface area contributed by atoms with E-state index >= 15 is 4.39 Å². The Morgan fingerprint density at radius 3 is 2.41 bits per heavy atom. The Kier molecular flexibility index (Phi) is 8.26. The van der Waals surface area contributed by atoms with E-state index in [1.807, 2.05) is 0 Å². The van der Waals surface area contributed by atoms with Gasteiger partial charge in [-0.25, -0.2) is 14.2 Å². The third-order valence-corrected chi connectivity index (χ3v) is 5.46. The number of benzene rings is 1. The number of aromatic nitrogens is 4. The normalized spacial score (nSPS) is 12.8. The molecule has 0 saturated heterocycles. The fraction of sp³-hybridized carbons (Fsp3) is 0.391. The minimum Gasteiger partial charge on any atom is -0.480 e. The highest BCUT2D eigenvalue weighted by Gasteiger charge is 2.39. The average Bonchev–Trinajstić information content (AvgIpc) is 3.13. The molecule has 212 valence electrons. The Morgan fingerprint density at radius 2 is 1.85 bits per heavy atom. The highest BCUT2D eigenvalue weighted by Crippen LogP contribution is 2.32. The minimum absolute atomic E-state index is 0.0407. The van der Waals surface area contributed by atoms with E-state index in [4.69, 9.17) is 9.47 Å². The molecule has 1 atom stereocenters. The molecule has 1 amide bonds. The number of hydrogen-bond acceptors (Lipinski definition) is 6. The lowest BCUT2D eigenvalue weighted by Crippen LogP contribution is -2.32. The Balaban J connectivity index is 2.17. The van der Waals surface area contributed by atoms with Crippen molar-refractivity contribution in [1.29, 1.82) is 0 Å². The number of ether oxygens (including phenoxy) is 2. The van der Waals surface area contributed by atoms with Crippen molar-refractivity contribution in [2.24, 2.45) is 0 Å². The Bertz CT molecular complexity index is 1430. The second kappa shape index (κ2) is 10.9. The molecule has 2 heterocycles. The van der Waals surface area contributed by atoms with E-state index in [1.165, 1.54) is 26.3 Å². The fourth-order valence-electron chi connectivity index (χ4n) is 3.48. The van der Waals surface area contributed by atoms with Crippen LogP contribution < -0.4 is 20.5 Å². The maximum atomic E-state index is 15.2. The van der Waals surface area contributed by atoms with Gasteiger partial charge in [0.1, 0.15) is 35.2 Å². The Morgan fingerprint density at radius 1 is 1.18 bits per heavy atom. The summed E-state index contributed by atoms with van der Waals surface area (Å²) in [4.78, 5) is 29.7. The summed E-state index contributed by atoms with van der Waals surface area (Å²) in [5.74, 6) is -4.07. The van der Waals surface area contributed by atoms with Crippen LogP contribution in [-0.4, -0.2) is 50.8 Å². The largest absolute Gasteiger partial charge is 0.480 e. The molecule has 3 aromatic rings. The van der Waals surface area contributed by atoms with E-state index in [1.54, 1.807) is 6.92 Å². The fourth-order valence-corrected chi connectivity index (χ4v) is 3.48.